The third-order valence-corrected chi connectivity index (χ3v) is 5.42. The summed E-state index contributed by atoms with van der Waals surface area (Å²) >= 11 is 0. The highest BCUT2D eigenvalue weighted by atomic mass is 19.4. The number of methoxy groups -OCH3 is 1. The van der Waals surface area contributed by atoms with Crippen LogP contribution in [-0.4, -0.2) is 60.5 Å². The summed E-state index contributed by atoms with van der Waals surface area (Å²) in [4.78, 5) is 37.3. The summed E-state index contributed by atoms with van der Waals surface area (Å²) in [5, 5.41) is 23.0. The first-order chi connectivity index (χ1) is 16.5. The van der Waals surface area contributed by atoms with Gasteiger partial charge in [-0.1, -0.05) is 0 Å². The normalized spacial score (nSPS) is 14.0. The Labute approximate surface area is 196 Å². The first-order valence-electron chi connectivity index (χ1n) is 10.4. The second kappa shape index (κ2) is 10.0. The monoisotopic (exact) mass is 498 g/mol. The summed E-state index contributed by atoms with van der Waals surface area (Å²) in [7, 11) is 1.33. The summed E-state index contributed by atoms with van der Waals surface area (Å²) < 4.78 is 49.4. The van der Waals surface area contributed by atoms with E-state index in [0.717, 1.165) is 18.2 Å². The number of amides is 1. The predicted octanol–water partition coefficient (Wildman–Crippen LogP) is 3.89. The molecular weight excluding hydrogens is 477 g/mol. The number of hydrogen-bond acceptors (Lipinski definition) is 8. The molecule has 2 aromatic carbocycles. The van der Waals surface area contributed by atoms with Gasteiger partial charge in [-0.25, -0.2) is 0 Å². The van der Waals surface area contributed by atoms with Crippen molar-refractivity contribution >= 4 is 23.0 Å². The molecule has 0 bridgehead atoms. The fraction of sp³-hybridized carbons (Fsp3) is 0.381. The Morgan fingerprint density at radius 3 is 2.14 bits per heavy atom. The van der Waals surface area contributed by atoms with Crippen LogP contribution < -0.4 is 14.4 Å². The van der Waals surface area contributed by atoms with Crippen LogP contribution in [0.25, 0.3) is 0 Å². The van der Waals surface area contributed by atoms with Gasteiger partial charge >= 0.3 is 6.18 Å². The molecule has 1 heterocycles. The Morgan fingerprint density at radius 2 is 1.63 bits per heavy atom. The standard InChI is InChI=1S/C21H21F3N4O7/c1-3-35-19-12-16(27(30)31)14(11-18(19)34-2)20(29)26-8-6-25(7-9-26)15-5-4-13(21(22,23)24)10-17(15)28(32)33/h4-5,10-12H,3,6-9H2,1-2H3. The lowest BCUT2D eigenvalue weighted by atomic mass is 10.1. The summed E-state index contributed by atoms with van der Waals surface area (Å²) in [5.74, 6) is -0.405. The molecule has 1 aliphatic heterocycles. The van der Waals surface area contributed by atoms with Crippen molar-refractivity contribution in [1.82, 2.24) is 4.90 Å². The van der Waals surface area contributed by atoms with Crippen LogP contribution in [0.1, 0.15) is 22.8 Å². The number of benzene rings is 2. The number of halogens is 3. The van der Waals surface area contributed by atoms with Crippen LogP contribution in [-0.2, 0) is 6.18 Å². The number of nitro groups is 2. The van der Waals surface area contributed by atoms with Crippen molar-refractivity contribution in [2.75, 3.05) is 44.8 Å². The van der Waals surface area contributed by atoms with Gasteiger partial charge in [-0.2, -0.15) is 13.2 Å². The van der Waals surface area contributed by atoms with E-state index in [-0.39, 0.29) is 55.5 Å². The molecule has 0 aliphatic carbocycles. The molecule has 2 aromatic rings. The first kappa shape index (κ1) is 25.5. The van der Waals surface area contributed by atoms with Crippen molar-refractivity contribution in [2.24, 2.45) is 0 Å². The average Bonchev–Trinajstić information content (AvgIpc) is 2.82. The third-order valence-electron chi connectivity index (χ3n) is 5.42. The predicted molar refractivity (Wildman–Crippen MR) is 117 cm³/mol. The van der Waals surface area contributed by atoms with Gasteiger partial charge in [0.25, 0.3) is 17.3 Å². The molecular formula is C21H21F3N4O7. The lowest BCUT2D eigenvalue weighted by Crippen LogP contribution is -2.49. The maximum absolute atomic E-state index is 13.1. The number of piperazine rings is 1. The van der Waals surface area contributed by atoms with Crippen LogP contribution in [0.4, 0.5) is 30.2 Å². The molecule has 1 saturated heterocycles. The summed E-state index contributed by atoms with van der Waals surface area (Å²) in [6.07, 6.45) is -4.73. The van der Waals surface area contributed by atoms with Gasteiger partial charge in [0.1, 0.15) is 11.3 Å². The number of ether oxygens (including phenoxy) is 2. The molecule has 0 spiro atoms. The van der Waals surface area contributed by atoms with Crippen LogP contribution in [0, 0.1) is 20.2 Å². The van der Waals surface area contributed by atoms with Crippen molar-refractivity contribution in [1.29, 1.82) is 0 Å². The highest BCUT2D eigenvalue weighted by Gasteiger charge is 2.35. The summed E-state index contributed by atoms with van der Waals surface area (Å²) in [6, 6.07) is 4.59. The van der Waals surface area contributed by atoms with Crippen molar-refractivity contribution in [3.05, 3.63) is 61.7 Å². The van der Waals surface area contributed by atoms with Gasteiger partial charge in [-0.3, -0.25) is 25.0 Å². The Bertz CT molecular complexity index is 1150. The topological polar surface area (TPSA) is 128 Å². The molecule has 1 aliphatic rings. The smallest absolute Gasteiger partial charge is 0.416 e. The van der Waals surface area contributed by atoms with Crippen LogP contribution >= 0.6 is 0 Å². The van der Waals surface area contributed by atoms with E-state index in [4.69, 9.17) is 9.47 Å². The molecule has 0 radical (unpaired) electrons. The van der Waals surface area contributed by atoms with E-state index >= 15 is 0 Å². The lowest BCUT2D eigenvalue weighted by molar-refractivity contribution is -0.385. The molecule has 0 N–H and O–H groups in total. The van der Waals surface area contributed by atoms with Gasteiger partial charge in [0, 0.05) is 38.3 Å². The number of hydrogen-bond donors (Lipinski definition) is 0. The molecule has 11 nitrogen and oxygen atoms in total. The van der Waals surface area contributed by atoms with Gasteiger partial charge < -0.3 is 19.3 Å². The van der Waals surface area contributed by atoms with E-state index in [2.05, 4.69) is 0 Å². The second-order valence-corrected chi connectivity index (χ2v) is 7.45. The zero-order valence-electron chi connectivity index (χ0n) is 18.7. The first-order valence-corrected chi connectivity index (χ1v) is 10.4. The minimum Gasteiger partial charge on any atom is -0.493 e. The van der Waals surface area contributed by atoms with Crippen molar-refractivity contribution in [3.63, 3.8) is 0 Å². The Morgan fingerprint density at radius 1 is 1.00 bits per heavy atom. The highest BCUT2D eigenvalue weighted by molar-refractivity contribution is 5.99. The summed E-state index contributed by atoms with van der Waals surface area (Å²) in [5.41, 5.74) is -2.54. The van der Waals surface area contributed by atoms with Crippen molar-refractivity contribution in [3.8, 4) is 11.5 Å². The van der Waals surface area contributed by atoms with Crippen molar-refractivity contribution < 1.29 is 37.3 Å². The van der Waals surface area contributed by atoms with E-state index in [1.54, 1.807) is 6.92 Å². The SMILES string of the molecule is CCOc1cc([N+](=O)[O-])c(C(=O)N2CCN(c3ccc(C(F)(F)F)cc3[N+](=O)[O-])CC2)cc1OC. The van der Waals surface area contributed by atoms with Crippen LogP contribution in [0.2, 0.25) is 0 Å². The van der Waals surface area contributed by atoms with Crippen LogP contribution in [0.3, 0.4) is 0 Å². The molecule has 188 valence electrons. The fourth-order valence-electron chi connectivity index (χ4n) is 3.73. The number of rotatable bonds is 7. The van der Waals surface area contributed by atoms with Crippen LogP contribution in [0.15, 0.2) is 30.3 Å². The van der Waals surface area contributed by atoms with E-state index in [1.807, 2.05) is 0 Å². The number of alkyl halides is 3. The minimum absolute atomic E-state index is 0.0104. The molecule has 0 saturated carbocycles. The molecule has 14 heteroatoms. The number of nitro benzene ring substituents is 2. The lowest BCUT2D eigenvalue weighted by Gasteiger charge is -2.35. The van der Waals surface area contributed by atoms with E-state index in [9.17, 15) is 38.2 Å². The van der Waals surface area contributed by atoms with Gasteiger partial charge in [0.05, 0.1) is 35.2 Å². The zero-order chi connectivity index (χ0) is 25.9. The zero-order valence-corrected chi connectivity index (χ0v) is 18.7. The maximum atomic E-state index is 13.1. The largest absolute Gasteiger partial charge is 0.493 e. The molecule has 0 aromatic heterocycles. The summed E-state index contributed by atoms with van der Waals surface area (Å²) in [6.45, 7) is 2.11. The quantitative estimate of drug-likeness (QED) is 0.415. The van der Waals surface area contributed by atoms with Crippen LogP contribution in [0.5, 0.6) is 11.5 Å². The molecule has 1 amide bonds. The highest BCUT2D eigenvalue weighted by Crippen LogP contribution is 2.38. The Balaban J connectivity index is 1.84. The Kier molecular flexibility index (Phi) is 7.31. The third kappa shape index (κ3) is 5.36. The van der Waals surface area contributed by atoms with E-state index < -0.39 is 38.9 Å². The van der Waals surface area contributed by atoms with Crippen molar-refractivity contribution in [2.45, 2.75) is 13.1 Å². The second-order valence-electron chi connectivity index (χ2n) is 7.45. The molecule has 0 atom stereocenters. The minimum atomic E-state index is -4.73. The number of carbonyl (C=O) groups excluding carboxylic acids is 1. The van der Waals surface area contributed by atoms with Gasteiger partial charge in [-0.15, -0.1) is 0 Å². The average molecular weight is 498 g/mol. The maximum Gasteiger partial charge on any atom is 0.416 e. The van der Waals surface area contributed by atoms with Gasteiger partial charge in [-0.05, 0) is 19.1 Å². The van der Waals surface area contributed by atoms with Gasteiger partial charge in [0.15, 0.2) is 11.5 Å². The van der Waals surface area contributed by atoms with E-state index in [0.29, 0.717) is 6.07 Å². The van der Waals surface area contributed by atoms with E-state index in [1.165, 1.54) is 23.0 Å². The number of nitrogens with zero attached hydrogens (tertiary/aromatic N) is 4. The number of anilines is 1. The Hall–Kier alpha value is -4.10. The molecule has 3 rings (SSSR count). The van der Waals surface area contributed by atoms with Gasteiger partial charge in [0.2, 0.25) is 0 Å². The fourth-order valence-corrected chi connectivity index (χ4v) is 3.73. The number of carbonyl (C=O) groups is 1. The molecule has 1 fully saturated rings. The molecule has 0 unspecified atom stereocenters. The molecule has 35 heavy (non-hydrogen) atoms.